The molecule has 41 heavy (non-hydrogen) atoms. The zero-order chi connectivity index (χ0) is 28.4. The van der Waals surface area contributed by atoms with Crippen molar-refractivity contribution in [2.75, 3.05) is 0 Å². The van der Waals surface area contributed by atoms with Gasteiger partial charge in [-0.05, 0) is 85.3 Å². The maximum atomic E-state index is 13.5. The van der Waals surface area contributed by atoms with Crippen LogP contribution in [-0.2, 0) is 0 Å². The van der Waals surface area contributed by atoms with Gasteiger partial charge in [-0.2, -0.15) is 0 Å². The highest BCUT2D eigenvalue weighted by molar-refractivity contribution is 7.40. The number of hydrogen-bond donors (Lipinski definition) is 0. The molecule has 0 nitrogen and oxygen atoms in total. The van der Waals surface area contributed by atoms with Crippen molar-refractivity contribution in [3.63, 3.8) is 0 Å². The molecule has 0 bridgehead atoms. The molecule has 0 fully saturated rings. The lowest BCUT2D eigenvalue weighted by Gasteiger charge is -2.27. The molecule has 0 saturated heterocycles. The van der Waals surface area contributed by atoms with E-state index in [1.54, 1.807) is 36.4 Å². The summed E-state index contributed by atoms with van der Waals surface area (Å²) in [4.78, 5) is 0. The molecule has 0 aliphatic heterocycles. The molecule has 0 aromatic heterocycles. The van der Waals surface area contributed by atoms with Crippen LogP contribution in [0.15, 0.2) is 146 Å². The minimum atomic E-state index is -2.98. The van der Waals surface area contributed by atoms with Crippen LogP contribution in [0.1, 0.15) is 0 Å². The minimum absolute atomic E-state index is 0.272. The van der Waals surface area contributed by atoms with E-state index >= 15 is 0 Å². The summed E-state index contributed by atoms with van der Waals surface area (Å²) in [5, 5.41) is 3.03. The molecule has 200 valence electrons. The number of halogens is 4. The van der Waals surface area contributed by atoms with Crippen LogP contribution in [0.5, 0.6) is 0 Å². The molecule has 6 aromatic rings. The molecule has 0 N–H and O–H groups in total. The predicted octanol–water partition coefficient (Wildman–Crippen LogP) is 8.31. The van der Waals surface area contributed by atoms with Crippen molar-refractivity contribution >= 4 is 34.0 Å². The maximum absolute atomic E-state index is 13.5. The first kappa shape index (κ1) is 26.8. The van der Waals surface area contributed by atoms with Gasteiger partial charge < -0.3 is 0 Å². The summed E-state index contributed by atoms with van der Waals surface area (Å²) < 4.78 is 40.4. The van der Waals surface area contributed by atoms with Crippen LogP contribution in [0.25, 0.3) is 33.4 Å². The number of benzene rings is 6. The lowest BCUT2D eigenvalue weighted by molar-refractivity contribution is 0.627. The summed E-state index contributed by atoms with van der Waals surface area (Å²) in [6.07, 6.45) is 0. The van der Waals surface area contributed by atoms with E-state index in [-0.39, 0.29) is 17.5 Å². The quantitative estimate of drug-likeness (QED) is 0.106. The molecule has 0 aliphatic carbocycles. The van der Waals surface area contributed by atoms with Crippen molar-refractivity contribution in [3.8, 4) is 33.4 Å². The normalized spacial score (nSPS) is 11.4. The van der Waals surface area contributed by atoms with E-state index in [9.17, 15) is 13.2 Å². The molecule has 6 rings (SSSR count). The summed E-state index contributed by atoms with van der Waals surface area (Å²) in [6, 6.07) is 43.7. The summed E-state index contributed by atoms with van der Waals surface area (Å²) in [7, 11) is -2.98. The molecule has 0 unspecified atom stereocenters. The Balaban J connectivity index is 1.41. The first-order chi connectivity index (χ1) is 19.9. The first-order valence-electron chi connectivity index (χ1n) is 13.2. The van der Waals surface area contributed by atoms with Gasteiger partial charge in [0.1, 0.15) is 17.5 Å². The fourth-order valence-electron chi connectivity index (χ4n) is 5.10. The van der Waals surface area contributed by atoms with Crippen molar-refractivity contribution in [1.29, 1.82) is 0 Å². The fourth-order valence-corrected chi connectivity index (χ4v) is 9.12. The lowest BCUT2D eigenvalue weighted by Crippen LogP contribution is -2.62. The number of hydrogen-bond acceptors (Lipinski definition) is 0. The second-order valence-electron chi connectivity index (χ2n) is 9.91. The van der Waals surface area contributed by atoms with Gasteiger partial charge in [0, 0.05) is 0 Å². The Bertz CT molecular complexity index is 1550. The lowest BCUT2D eigenvalue weighted by atomic mass is 10.1. The topological polar surface area (TPSA) is 0 Å². The van der Waals surface area contributed by atoms with Gasteiger partial charge in [-0.3, -0.25) is 0 Å². The van der Waals surface area contributed by atoms with Gasteiger partial charge in [-0.15, -0.1) is 11.1 Å². The second-order valence-corrected chi connectivity index (χ2v) is 14.7. The van der Waals surface area contributed by atoms with E-state index in [2.05, 4.69) is 36.4 Å². The molecular formula is C36H24ClF3Si. The van der Waals surface area contributed by atoms with Gasteiger partial charge in [-0.25, -0.2) is 13.2 Å². The summed E-state index contributed by atoms with van der Waals surface area (Å²) in [5.74, 6) is -0.817. The highest BCUT2D eigenvalue weighted by atomic mass is 35.6. The Morgan fingerprint density at radius 3 is 0.659 bits per heavy atom. The van der Waals surface area contributed by atoms with E-state index in [1.807, 2.05) is 36.4 Å². The van der Waals surface area contributed by atoms with Gasteiger partial charge in [0.25, 0.3) is 0 Å². The van der Waals surface area contributed by atoms with E-state index in [0.717, 1.165) is 48.9 Å². The van der Waals surface area contributed by atoms with Crippen LogP contribution in [0.3, 0.4) is 0 Å². The van der Waals surface area contributed by atoms with E-state index in [0.29, 0.717) is 0 Å². The zero-order valence-corrected chi connectivity index (χ0v) is 23.6. The van der Waals surface area contributed by atoms with Crippen LogP contribution < -0.4 is 15.6 Å². The van der Waals surface area contributed by atoms with Crippen LogP contribution in [0, 0.1) is 17.5 Å². The monoisotopic (exact) mass is 576 g/mol. The average molecular weight is 577 g/mol. The third-order valence-corrected chi connectivity index (χ3v) is 12.7. The molecule has 0 saturated carbocycles. The van der Waals surface area contributed by atoms with E-state index in [1.165, 1.54) is 36.4 Å². The Morgan fingerprint density at radius 2 is 0.463 bits per heavy atom. The van der Waals surface area contributed by atoms with Crippen LogP contribution in [0.4, 0.5) is 13.2 Å². The average Bonchev–Trinajstić information content (AvgIpc) is 3.02. The molecule has 0 amide bonds. The fraction of sp³-hybridized carbons (Fsp3) is 0. The van der Waals surface area contributed by atoms with Crippen LogP contribution in [-0.4, -0.2) is 7.38 Å². The highest BCUT2D eigenvalue weighted by Gasteiger charge is 2.38. The zero-order valence-electron chi connectivity index (χ0n) is 21.9. The van der Waals surface area contributed by atoms with E-state index < -0.39 is 7.38 Å². The van der Waals surface area contributed by atoms with Gasteiger partial charge in [0.15, 0.2) is 0 Å². The summed E-state index contributed by atoms with van der Waals surface area (Å²) in [6.45, 7) is 0. The maximum Gasteiger partial charge on any atom is 0.247 e. The number of rotatable bonds is 6. The van der Waals surface area contributed by atoms with Gasteiger partial charge in [0.2, 0.25) is 7.38 Å². The van der Waals surface area contributed by atoms with E-state index in [4.69, 9.17) is 11.1 Å². The predicted molar refractivity (Wildman–Crippen MR) is 166 cm³/mol. The van der Waals surface area contributed by atoms with Crippen molar-refractivity contribution < 1.29 is 13.2 Å². The Labute approximate surface area is 243 Å². The molecule has 0 radical (unpaired) electrons. The smallest absolute Gasteiger partial charge is 0.207 e. The minimum Gasteiger partial charge on any atom is -0.207 e. The summed E-state index contributed by atoms with van der Waals surface area (Å²) in [5.41, 5.74) is 5.69. The third-order valence-electron chi connectivity index (χ3n) is 7.38. The van der Waals surface area contributed by atoms with Crippen molar-refractivity contribution in [2.45, 2.75) is 0 Å². The molecule has 0 atom stereocenters. The van der Waals surface area contributed by atoms with Crippen molar-refractivity contribution in [3.05, 3.63) is 163 Å². The standard InChI is InChI=1S/C36H24ClF3Si/c37-41(34-19-7-28(8-20-34)25-1-13-31(38)14-2-25,35-21-9-29(10-22-35)26-3-15-32(39)16-4-26)36-23-11-30(12-24-36)27-5-17-33(40)18-6-27/h1-24H. The Kier molecular flexibility index (Phi) is 7.35. The molecule has 0 heterocycles. The molecule has 0 spiro atoms. The van der Waals surface area contributed by atoms with Crippen LogP contribution >= 0.6 is 11.1 Å². The molecule has 5 heteroatoms. The SMILES string of the molecule is Fc1ccc(-c2ccc([Si](Cl)(c3ccc(-c4ccc(F)cc4)cc3)c3ccc(-c4ccc(F)cc4)cc3)cc2)cc1. The van der Waals surface area contributed by atoms with Crippen molar-refractivity contribution in [2.24, 2.45) is 0 Å². The Morgan fingerprint density at radius 1 is 0.293 bits per heavy atom. The van der Waals surface area contributed by atoms with Crippen LogP contribution in [0.2, 0.25) is 0 Å². The second kappa shape index (κ2) is 11.2. The molecule has 6 aromatic carbocycles. The highest BCUT2D eigenvalue weighted by Crippen LogP contribution is 2.24. The third kappa shape index (κ3) is 5.49. The van der Waals surface area contributed by atoms with Gasteiger partial charge in [-0.1, -0.05) is 109 Å². The van der Waals surface area contributed by atoms with Gasteiger partial charge in [0.05, 0.1) is 0 Å². The first-order valence-corrected chi connectivity index (χ1v) is 16.2. The molecule has 0 aliphatic rings. The van der Waals surface area contributed by atoms with Gasteiger partial charge >= 0.3 is 0 Å². The Hall–Kier alpha value is -4.38. The van der Waals surface area contributed by atoms with Crippen molar-refractivity contribution in [1.82, 2.24) is 0 Å². The molecular weight excluding hydrogens is 553 g/mol. The summed E-state index contributed by atoms with van der Waals surface area (Å²) >= 11 is 7.76. The largest absolute Gasteiger partial charge is 0.247 e.